The maximum absolute atomic E-state index is 4.42. The molecule has 5 nitrogen and oxygen atoms in total. The first-order chi connectivity index (χ1) is 10.0. The van der Waals surface area contributed by atoms with Crippen LogP contribution in [0.15, 0.2) is 6.33 Å². The third-order valence-corrected chi connectivity index (χ3v) is 5.04. The summed E-state index contributed by atoms with van der Waals surface area (Å²) in [7, 11) is 1.98. The molecule has 2 rings (SSSR count). The third-order valence-electron chi connectivity index (χ3n) is 5.04. The molecule has 1 aliphatic rings. The second kappa shape index (κ2) is 6.88. The van der Waals surface area contributed by atoms with E-state index < -0.39 is 0 Å². The highest BCUT2D eigenvalue weighted by Gasteiger charge is 2.39. The maximum atomic E-state index is 4.42. The van der Waals surface area contributed by atoms with Crippen LogP contribution >= 0.6 is 0 Å². The standard InChI is InChI=1S/C16H31N5/c1-6-16(7-2)11-17-14(8-13(3)4)9-21(16)10-15-18-12-19-20(15)5/h12-14,17H,6-11H2,1-5H3. The van der Waals surface area contributed by atoms with Crippen molar-refractivity contribution < 1.29 is 0 Å². The van der Waals surface area contributed by atoms with Crippen molar-refractivity contribution in [3.8, 4) is 0 Å². The van der Waals surface area contributed by atoms with Gasteiger partial charge in [0.15, 0.2) is 0 Å². The fourth-order valence-electron chi connectivity index (χ4n) is 3.51. The van der Waals surface area contributed by atoms with E-state index in [1.54, 1.807) is 6.33 Å². The number of rotatable bonds is 6. The lowest BCUT2D eigenvalue weighted by atomic mass is 9.86. The van der Waals surface area contributed by atoms with Gasteiger partial charge in [-0.25, -0.2) is 4.98 Å². The molecule has 1 aromatic rings. The molecule has 0 bridgehead atoms. The van der Waals surface area contributed by atoms with E-state index in [1.807, 2.05) is 11.7 Å². The van der Waals surface area contributed by atoms with Crippen molar-refractivity contribution in [2.45, 2.75) is 65.1 Å². The molecule has 0 aromatic carbocycles. The van der Waals surface area contributed by atoms with Crippen molar-refractivity contribution >= 4 is 0 Å². The minimum absolute atomic E-state index is 0.249. The van der Waals surface area contributed by atoms with E-state index in [0.29, 0.717) is 6.04 Å². The summed E-state index contributed by atoms with van der Waals surface area (Å²) in [5, 5.41) is 8.00. The zero-order valence-corrected chi connectivity index (χ0v) is 14.3. The van der Waals surface area contributed by atoms with Crippen LogP contribution in [0.5, 0.6) is 0 Å². The van der Waals surface area contributed by atoms with Gasteiger partial charge >= 0.3 is 0 Å². The van der Waals surface area contributed by atoms with Crippen LogP contribution < -0.4 is 5.32 Å². The predicted molar refractivity (Wildman–Crippen MR) is 86.0 cm³/mol. The maximum Gasteiger partial charge on any atom is 0.140 e. The fourth-order valence-corrected chi connectivity index (χ4v) is 3.51. The summed E-state index contributed by atoms with van der Waals surface area (Å²) in [6.45, 7) is 12.3. The first-order valence-corrected chi connectivity index (χ1v) is 8.32. The molecule has 1 atom stereocenters. The van der Waals surface area contributed by atoms with Gasteiger partial charge in [-0.2, -0.15) is 5.10 Å². The van der Waals surface area contributed by atoms with Crippen molar-refractivity contribution in [2.24, 2.45) is 13.0 Å². The van der Waals surface area contributed by atoms with Crippen LogP contribution in [0.3, 0.4) is 0 Å². The Morgan fingerprint density at radius 2 is 2.10 bits per heavy atom. The molecule has 1 saturated heterocycles. The summed E-state index contributed by atoms with van der Waals surface area (Å²) in [5.41, 5.74) is 0.249. The molecular weight excluding hydrogens is 262 g/mol. The molecule has 0 amide bonds. The molecule has 21 heavy (non-hydrogen) atoms. The average Bonchev–Trinajstić information content (AvgIpc) is 2.85. The lowest BCUT2D eigenvalue weighted by Crippen LogP contribution is -2.64. The number of hydrogen-bond donors (Lipinski definition) is 1. The molecule has 1 aliphatic heterocycles. The fraction of sp³-hybridized carbons (Fsp3) is 0.875. The Morgan fingerprint density at radius 3 is 2.62 bits per heavy atom. The van der Waals surface area contributed by atoms with Crippen LogP contribution in [0, 0.1) is 5.92 Å². The summed E-state index contributed by atoms with van der Waals surface area (Å²) in [6, 6.07) is 0.587. The Morgan fingerprint density at radius 1 is 1.38 bits per heavy atom. The van der Waals surface area contributed by atoms with E-state index in [4.69, 9.17) is 0 Å². The number of nitrogens with one attached hydrogen (secondary N) is 1. The van der Waals surface area contributed by atoms with E-state index in [9.17, 15) is 0 Å². The molecule has 0 aliphatic carbocycles. The van der Waals surface area contributed by atoms with Gasteiger partial charge in [0.1, 0.15) is 12.2 Å². The summed E-state index contributed by atoms with van der Waals surface area (Å²) in [6.07, 6.45) is 5.23. The van der Waals surface area contributed by atoms with E-state index in [0.717, 1.165) is 31.4 Å². The zero-order valence-electron chi connectivity index (χ0n) is 14.3. The van der Waals surface area contributed by atoms with Crippen molar-refractivity contribution in [1.82, 2.24) is 25.0 Å². The Hall–Kier alpha value is -0.940. The van der Waals surface area contributed by atoms with Gasteiger partial charge in [0.2, 0.25) is 0 Å². The molecule has 1 N–H and O–H groups in total. The van der Waals surface area contributed by atoms with Crippen LogP contribution in [0.2, 0.25) is 0 Å². The topological polar surface area (TPSA) is 46.0 Å². The lowest BCUT2D eigenvalue weighted by Gasteiger charge is -2.49. The van der Waals surface area contributed by atoms with Gasteiger partial charge in [0.25, 0.3) is 0 Å². The van der Waals surface area contributed by atoms with Gasteiger partial charge in [-0.05, 0) is 25.2 Å². The molecule has 0 radical (unpaired) electrons. The van der Waals surface area contributed by atoms with Crippen molar-refractivity contribution in [3.05, 3.63) is 12.2 Å². The van der Waals surface area contributed by atoms with Crippen LogP contribution in [0.4, 0.5) is 0 Å². The molecule has 1 fully saturated rings. The van der Waals surface area contributed by atoms with Gasteiger partial charge in [-0.3, -0.25) is 9.58 Å². The minimum atomic E-state index is 0.249. The highest BCUT2D eigenvalue weighted by Crippen LogP contribution is 2.29. The van der Waals surface area contributed by atoms with E-state index in [-0.39, 0.29) is 5.54 Å². The third kappa shape index (κ3) is 3.64. The minimum Gasteiger partial charge on any atom is -0.311 e. The highest BCUT2D eigenvalue weighted by molar-refractivity contribution is 5.00. The second-order valence-corrected chi connectivity index (χ2v) is 6.82. The number of piperazine rings is 1. The largest absolute Gasteiger partial charge is 0.311 e. The lowest BCUT2D eigenvalue weighted by molar-refractivity contribution is 0.0178. The first-order valence-electron chi connectivity index (χ1n) is 8.32. The Balaban J connectivity index is 2.14. The van der Waals surface area contributed by atoms with Crippen LogP contribution in [-0.2, 0) is 13.6 Å². The summed E-state index contributed by atoms with van der Waals surface area (Å²) < 4.78 is 1.90. The first kappa shape index (κ1) is 16.4. The molecule has 5 heteroatoms. The van der Waals surface area contributed by atoms with Gasteiger partial charge in [-0.1, -0.05) is 27.7 Å². The number of nitrogens with zero attached hydrogens (tertiary/aromatic N) is 4. The van der Waals surface area contributed by atoms with Crippen molar-refractivity contribution in [3.63, 3.8) is 0 Å². The SMILES string of the molecule is CCC1(CC)CNC(CC(C)C)CN1Cc1ncnn1C. The molecule has 0 spiro atoms. The highest BCUT2D eigenvalue weighted by atomic mass is 15.4. The van der Waals surface area contributed by atoms with Crippen LogP contribution in [-0.4, -0.2) is 44.3 Å². The average molecular weight is 293 g/mol. The van der Waals surface area contributed by atoms with Crippen LogP contribution in [0.25, 0.3) is 0 Å². The molecular formula is C16H31N5. The van der Waals surface area contributed by atoms with Gasteiger partial charge < -0.3 is 5.32 Å². The molecule has 0 saturated carbocycles. The van der Waals surface area contributed by atoms with Crippen molar-refractivity contribution in [1.29, 1.82) is 0 Å². The quantitative estimate of drug-likeness (QED) is 0.873. The van der Waals surface area contributed by atoms with E-state index >= 15 is 0 Å². The number of hydrogen-bond acceptors (Lipinski definition) is 4. The van der Waals surface area contributed by atoms with Crippen LogP contribution in [0.1, 0.15) is 52.8 Å². The Labute approximate surface area is 129 Å². The number of aryl methyl sites for hydroxylation is 1. The normalized spacial score (nSPS) is 22.9. The molecule has 1 unspecified atom stereocenters. The molecule has 1 aromatic heterocycles. The van der Waals surface area contributed by atoms with Crippen molar-refractivity contribution in [2.75, 3.05) is 13.1 Å². The summed E-state index contributed by atoms with van der Waals surface area (Å²) in [4.78, 5) is 7.06. The van der Waals surface area contributed by atoms with E-state index in [1.165, 1.54) is 19.3 Å². The summed E-state index contributed by atoms with van der Waals surface area (Å²) >= 11 is 0. The monoisotopic (exact) mass is 293 g/mol. The molecule has 2 heterocycles. The zero-order chi connectivity index (χ0) is 15.5. The Bertz CT molecular complexity index is 436. The Kier molecular flexibility index (Phi) is 5.38. The van der Waals surface area contributed by atoms with Gasteiger partial charge in [-0.15, -0.1) is 0 Å². The predicted octanol–water partition coefficient (Wildman–Crippen LogP) is 2.19. The smallest absolute Gasteiger partial charge is 0.140 e. The van der Waals surface area contributed by atoms with Gasteiger partial charge in [0, 0.05) is 31.7 Å². The molecule has 120 valence electrons. The number of aromatic nitrogens is 3. The van der Waals surface area contributed by atoms with Gasteiger partial charge in [0.05, 0.1) is 6.54 Å². The van der Waals surface area contributed by atoms with E-state index in [2.05, 4.69) is 48.0 Å². The second-order valence-electron chi connectivity index (χ2n) is 6.82. The summed E-state index contributed by atoms with van der Waals surface area (Å²) in [5.74, 6) is 1.79.